The molecular formula is C29H43N2O5P. The Labute approximate surface area is 222 Å². The van der Waals surface area contributed by atoms with E-state index >= 15 is 0 Å². The summed E-state index contributed by atoms with van der Waals surface area (Å²) >= 11 is 0. The number of ether oxygens (including phenoxy) is 2. The van der Waals surface area contributed by atoms with Crippen LogP contribution in [0, 0.1) is 5.41 Å². The summed E-state index contributed by atoms with van der Waals surface area (Å²) in [5.41, 5.74) is 2.27. The highest BCUT2D eigenvalue weighted by Gasteiger charge is 2.45. The van der Waals surface area contributed by atoms with Gasteiger partial charge in [0.05, 0.1) is 26.0 Å². The van der Waals surface area contributed by atoms with E-state index in [0.29, 0.717) is 43.9 Å². The third-order valence-corrected chi connectivity index (χ3v) is 9.83. The zero-order valence-electron chi connectivity index (χ0n) is 23.6. The van der Waals surface area contributed by atoms with Crippen molar-refractivity contribution < 1.29 is 23.4 Å². The smallest absolute Gasteiger partial charge is 0.277 e. The summed E-state index contributed by atoms with van der Waals surface area (Å²) in [6.45, 7) is 13.8. The molecule has 1 heterocycles. The van der Waals surface area contributed by atoms with Crippen LogP contribution in [-0.4, -0.2) is 55.7 Å². The van der Waals surface area contributed by atoms with E-state index in [2.05, 4.69) is 26.1 Å². The number of carbonyl (C=O) groups is 1. The van der Waals surface area contributed by atoms with Gasteiger partial charge < -0.3 is 19.3 Å². The number of hydrogen-bond donors (Lipinski definition) is 1. The molecule has 0 spiro atoms. The number of nitrogens with one attached hydrogen (secondary N) is 1. The van der Waals surface area contributed by atoms with Crippen molar-refractivity contribution in [2.75, 3.05) is 33.9 Å². The summed E-state index contributed by atoms with van der Waals surface area (Å²) in [6, 6.07) is 13.2. The quantitative estimate of drug-likeness (QED) is 0.387. The van der Waals surface area contributed by atoms with Gasteiger partial charge in [-0.15, -0.1) is 0 Å². The van der Waals surface area contributed by atoms with Crippen LogP contribution in [0.3, 0.4) is 0 Å². The molecule has 1 amide bonds. The fourth-order valence-corrected chi connectivity index (χ4v) is 7.06. The van der Waals surface area contributed by atoms with Gasteiger partial charge in [-0.1, -0.05) is 32.9 Å². The second-order valence-electron chi connectivity index (χ2n) is 11.9. The van der Waals surface area contributed by atoms with Crippen LogP contribution in [0.15, 0.2) is 42.5 Å². The highest BCUT2D eigenvalue weighted by atomic mass is 31.2. The molecule has 7 nitrogen and oxygen atoms in total. The molecule has 0 aliphatic carbocycles. The SMILES string of the molecule is COc1cccc(-c2cc(OC)cc(C(=O)NC3CCN(P(=O)(OCC(C)(C)C)C(C)(C)C)CC3)c2)c1. The summed E-state index contributed by atoms with van der Waals surface area (Å²) in [6.07, 6.45) is 1.41. The lowest BCUT2D eigenvalue weighted by molar-refractivity contribution is 0.0919. The Kier molecular flexibility index (Phi) is 9.15. The van der Waals surface area contributed by atoms with Gasteiger partial charge in [-0.25, -0.2) is 4.67 Å². The normalized spacial score (nSPS) is 17.2. The van der Waals surface area contributed by atoms with Gasteiger partial charge in [0.2, 0.25) is 0 Å². The predicted molar refractivity (Wildman–Crippen MR) is 150 cm³/mol. The zero-order chi connectivity index (χ0) is 27.4. The Morgan fingerprint density at radius 2 is 1.57 bits per heavy atom. The van der Waals surface area contributed by atoms with Crippen LogP contribution >= 0.6 is 7.52 Å². The van der Waals surface area contributed by atoms with E-state index in [1.807, 2.05) is 61.8 Å². The number of hydrogen-bond acceptors (Lipinski definition) is 5. The average Bonchev–Trinajstić information content (AvgIpc) is 2.86. The summed E-state index contributed by atoms with van der Waals surface area (Å²) in [5.74, 6) is 1.21. The summed E-state index contributed by atoms with van der Waals surface area (Å²) in [4.78, 5) is 13.3. The Balaban J connectivity index is 1.71. The van der Waals surface area contributed by atoms with Crippen LogP contribution in [0.5, 0.6) is 11.5 Å². The van der Waals surface area contributed by atoms with Crippen molar-refractivity contribution in [2.45, 2.75) is 65.6 Å². The van der Waals surface area contributed by atoms with E-state index in [9.17, 15) is 9.36 Å². The monoisotopic (exact) mass is 530 g/mol. The van der Waals surface area contributed by atoms with Gasteiger partial charge in [-0.3, -0.25) is 9.36 Å². The Bertz CT molecular complexity index is 1130. The van der Waals surface area contributed by atoms with Crippen molar-refractivity contribution in [3.63, 3.8) is 0 Å². The van der Waals surface area contributed by atoms with Gasteiger partial charge in [0.25, 0.3) is 13.4 Å². The first-order valence-corrected chi connectivity index (χ1v) is 14.5. The number of methoxy groups -OCH3 is 2. The number of piperidine rings is 1. The third kappa shape index (κ3) is 7.37. The van der Waals surface area contributed by atoms with Crippen molar-refractivity contribution >= 4 is 13.4 Å². The Morgan fingerprint density at radius 3 is 2.14 bits per heavy atom. The molecule has 1 fully saturated rings. The van der Waals surface area contributed by atoms with E-state index < -0.39 is 12.7 Å². The lowest BCUT2D eigenvalue weighted by Crippen LogP contribution is -2.45. The Morgan fingerprint density at radius 1 is 0.946 bits per heavy atom. The molecule has 1 saturated heterocycles. The van der Waals surface area contributed by atoms with Crippen molar-refractivity contribution in [2.24, 2.45) is 5.41 Å². The zero-order valence-corrected chi connectivity index (χ0v) is 24.5. The fourth-order valence-electron chi connectivity index (χ4n) is 4.34. The number of carbonyl (C=O) groups excluding carboxylic acids is 1. The molecule has 0 radical (unpaired) electrons. The maximum absolute atomic E-state index is 14.1. The minimum atomic E-state index is -3.06. The lowest BCUT2D eigenvalue weighted by Gasteiger charge is -2.43. The maximum Gasteiger partial charge on any atom is 0.277 e. The highest BCUT2D eigenvalue weighted by Crippen LogP contribution is 2.62. The molecule has 3 rings (SSSR count). The first kappa shape index (κ1) is 29.2. The molecule has 1 aliphatic rings. The summed E-state index contributed by atoms with van der Waals surface area (Å²) < 4.78 is 33.1. The Hall–Kier alpha value is -2.34. The second-order valence-corrected chi connectivity index (χ2v) is 15.1. The van der Waals surface area contributed by atoms with Gasteiger partial charge in [-0.05, 0) is 80.5 Å². The molecule has 1 aliphatic heterocycles. The molecule has 1 N–H and O–H groups in total. The van der Waals surface area contributed by atoms with Crippen molar-refractivity contribution in [1.29, 1.82) is 0 Å². The maximum atomic E-state index is 14.1. The average molecular weight is 531 g/mol. The van der Waals surface area contributed by atoms with E-state index in [-0.39, 0.29) is 17.4 Å². The van der Waals surface area contributed by atoms with Gasteiger partial charge in [0, 0.05) is 24.7 Å². The first-order chi connectivity index (χ1) is 17.3. The van der Waals surface area contributed by atoms with E-state index in [0.717, 1.165) is 16.9 Å². The molecule has 204 valence electrons. The molecule has 0 bridgehead atoms. The largest absolute Gasteiger partial charge is 0.497 e. The standard InChI is InChI=1S/C29H43N2O5P/c1-28(2,3)20-36-37(33,29(4,5)6)31-14-12-24(13-15-31)30-27(32)23-16-22(18-26(19-23)35-8)21-10-9-11-25(17-21)34-7/h9-11,16-19,24H,12-15,20H2,1-8H3,(H,30,32). The van der Waals surface area contributed by atoms with E-state index in [1.165, 1.54) is 0 Å². The number of rotatable bonds is 8. The third-order valence-electron chi connectivity index (χ3n) is 6.51. The molecule has 0 aromatic heterocycles. The van der Waals surface area contributed by atoms with Crippen molar-refractivity contribution in [1.82, 2.24) is 9.99 Å². The van der Waals surface area contributed by atoms with Crippen LogP contribution < -0.4 is 14.8 Å². The minimum absolute atomic E-state index is 0.00810. The van der Waals surface area contributed by atoms with Crippen molar-refractivity contribution in [3.8, 4) is 22.6 Å². The topological polar surface area (TPSA) is 77.1 Å². The van der Waals surface area contributed by atoms with Crippen molar-refractivity contribution in [3.05, 3.63) is 48.0 Å². The second kappa shape index (κ2) is 11.6. The van der Waals surface area contributed by atoms with E-state index in [1.54, 1.807) is 20.3 Å². The minimum Gasteiger partial charge on any atom is -0.497 e. The first-order valence-electron chi connectivity index (χ1n) is 12.9. The highest BCUT2D eigenvalue weighted by molar-refractivity contribution is 7.58. The van der Waals surface area contributed by atoms with Gasteiger partial charge in [-0.2, -0.15) is 0 Å². The lowest BCUT2D eigenvalue weighted by atomic mass is 9.99. The van der Waals surface area contributed by atoms with E-state index in [4.69, 9.17) is 14.0 Å². The van der Waals surface area contributed by atoms with Crippen LogP contribution in [-0.2, 0) is 9.09 Å². The number of nitrogens with zero attached hydrogens (tertiary/aromatic N) is 1. The molecular weight excluding hydrogens is 487 g/mol. The molecule has 1 atom stereocenters. The van der Waals surface area contributed by atoms with Gasteiger partial charge >= 0.3 is 0 Å². The summed E-state index contributed by atoms with van der Waals surface area (Å²) in [7, 11) is 0.167. The molecule has 0 saturated carbocycles. The molecule has 1 unspecified atom stereocenters. The van der Waals surface area contributed by atoms with Crippen LogP contribution in [0.2, 0.25) is 0 Å². The number of benzene rings is 2. The fraction of sp³-hybridized carbons (Fsp3) is 0.552. The predicted octanol–water partition coefficient (Wildman–Crippen LogP) is 6.62. The van der Waals surface area contributed by atoms with Gasteiger partial charge in [0.15, 0.2) is 0 Å². The van der Waals surface area contributed by atoms with Crippen LogP contribution in [0.4, 0.5) is 0 Å². The number of amides is 1. The van der Waals surface area contributed by atoms with Crippen LogP contribution in [0.1, 0.15) is 64.7 Å². The molecule has 2 aromatic rings. The molecule has 37 heavy (non-hydrogen) atoms. The van der Waals surface area contributed by atoms with Crippen LogP contribution in [0.25, 0.3) is 11.1 Å². The molecule has 8 heteroatoms. The molecule has 2 aromatic carbocycles. The summed E-state index contributed by atoms with van der Waals surface area (Å²) in [5, 5.41) is 2.68. The van der Waals surface area contributed by atoms with Gasteiger partial charge in [0.1, 0.15) is 11.5 Å².